The largest absolute Gasteiger partial charge is 0.374 e. The maximum Gasteiger partial charge on any atom is 0.0766 e. The molecule has 0 aromatic rings. The summed E-state index contributed by atoms with van der Waals surface area (Å²) >= 11 is 5.11. The standard InChI is InChI=1S/C42H65NO2S2/c1-4-19-34-30(12-1)38-35(44-34)23-22-27-26-13-7-16-31(39(26)45-40(27)38)43(32-17-8-14-28-24-10-2-5-20-36(24)46-41(28)32)33-18-9-15-29-25-11-3-6-21-37(25)47-42(29)33/h24-42H,1-23H2. The van der Waals surface area contributed by atoms with Crippen LogP contribution in [0.4, 0.5) is 0 Å². The highest BCUT2D eigenvalue weighted by Gasteiger charge is 2.63. The van der Waals surface area contributed by atoms with E-state index in [2.05, 4.69) is 28.4 Å². The van der Waals surface area contributed by atoms with E-state index in [0.717, 1.165) is 74.5 Å². The molecule has 7 aliphatic carbocycles. The van der Waals surface area contributed by atoms with Crippen LogP contribution in [0.25, 0.3) is 0 Å². The van der Waals surface area contributed by atoms with E-state index >= 15 is 0 Å². The van der Waals surface area contributed by atoms with Crippen LogP contribution < -0.4 is 0 Å². The van der Waals surface area contributed by atoms with Crippen molar-refractivity contribution in [1.82, 2.24) is 4.90 Å². The number of rotatable bonds is 3. The molecule has 0 aromatic heterocycles. The summed E-state index contributed by atoms with van der Waals surface area (Å²) in [5.41, 5.74) is 0. The SMILES string of the molecule is C1CCC2C(C1)OC1CCC3C4CCCC(N(C5CCCC6C7CCCCC7SC65)C5CCCC6C7CCCCC7SC65)C4OC3C12. The molecular weight excluding hydrogens is 615 g/mol. The maximum absolute atomic E-state index is 7.78. The van der Waals surface area contributed by atoms with E-state index in [-0.39, 0.29) is 0 Å². The van der Waals surface area contributed by atoms with Gasteiger partial charge in [-0.2, -0.15) is 23.5 Å². The van der Waals surface area contributed by atoms with E-state index in [1.807, 2.05) is 0 Å². The highest BCUT2D eigenvalue weighted by molar-refractivity contribution is 8.01. The van der Waals surface area contributed by atoms with Crippen molar-refractivity contribution in [2.45, 2.75) is 211 Å². The molecule has 0 aromatic carbocycles. The van der Waals surface area contributed by atoms with Crippen LogP contribution in [0.15, 0.2) is 0 Å². The van der Waals surface area contributed by atoms with Crippen LogP contribution in [0, 0.1) is 47.3 Å². The van der Waals surface area contributed by atoms with Crippen molar-refractivity contribution in [3.63, 3.8) is 0 Å². The Kier molecular flexibility index (Phi) is 8.36. The summed E-state index contributed by atoms with van der Waals surface area (Å²) in [4.78, 5) is 3.43. The molecule has 0 bridgehead atoms. The number of hydrogen-bond acceptors (Lipinski definition) is 5. The second kappa shape index (κ2) is 12.6. The molecule has 4 aliphatic heterocycles. The Morgan fingerprint density at radius 3 is 1.57 bits per heavy atom. The monoisotopic (exact) mass is 679 g/mol. The summed E-state index contributed by atoms with van der Waals surface area (Å²) in [6, 6.07) is 2.31. The van der Waals surface area contributed by atoms with Crippen LogP contribution in [0.1, 0.15) is 148 Å². The molecule has 19 unspecified atom stereocenters. The maximum atomic E-state index is 7.78. The van der Waals surface area contributed by atoms with Crippen molar-refractivity contribution in [2.24, 2.45) is 47.3 Å². The highest BCUT2D eigenvalue weighted by Crippen LogP contribution is 2.62. The van der Waals surface area contributed by atoms with Crippen molar-refractivity contribution < 1.29 is 9.47 Å². The van der Waals surface area contributed by atoms with Gasteiger partial charge < -0.3 is 9.47 Å². The number of thioether (sulfide) groups is 2. The van der Waals surface area contributed by atoms with Gasteiger partial charge in [-0.15, -0.1) is 0 Å². The first-order valence-electron chi connectivity index (χ1n) is 21.7. The predicted octanol–water partition coefficient (Wildman–Crippen LogP) is 9.89. The number of ether oxygens (including phenoxy) is 2. The fraction of sp³-hybridized carbons (Fsp3) is 1.00. The Labute approximate surface area is 295 Å². The average molecular weight is 680 g/mol. The summed E-state index contributed by atoms with van der Waals surface area (Å²) in [7, 11) is 0. The van der Waals surface area contributed by atoms with Gasteiger partial charge in [0.1, 0.15) is 0 Å². The zero-order chi connectivity index (χ0) is 30.6. The van der Waals surface area contributed by atoms with Gasteiger partial charge in [0, 0.05) is 45.0 Å². The lowest BCUT2D eigenvalue weighted by molar-refractivity contribution is -0.104. The van der Waals surface area contributed by atoms with Crippen LogP contribution in [0.3, 0.4) is 0 Å². The highest BCUT2D eigenvalue weighted by atomic mass is 32.2. The lowest BCUT2D eigenvalue weighted by Gasteiger charge is -2.55. The normalized spacial score (nSPS) is 58.0. The zero-order valence-corrected chi connectivity index (χ0v) is 30.9. The van der Waals surface area contributed by atoms with Gasteiger partial charge in [-0.05, 0) is 131 Å². The molecule has 0 spiro atoms. The third-order valence-corrected chi connectivity index (χ3v) is 21.2. The van der Waals surface area contributed by atoms with Crippen molar-refractivity contribution in [1.29, 1.82) is 0 Å². The van der Waals surface area contributed by atoms with E-state index in [1.54, 1.807) is 25.7 Å². The first kappa shape index (κ1) is 31.1. The number of hydrogen-bond donors (Lipinski definition) is 0. The molecule has 262 valence electrons. The molecule has 11 fully saturated rings. The van der Waals surface area contributed by atoms with Crippen molar-refractivity contribution in [3.05, 3.63) is 0 Å². The molecule has 3 nitrogen and oxygen atoms in total. The van der Waals surface area contributed by atoms with E-state index in [1.165, 1.54) is 122 Å². The molecule has 0 amide bonds. The molecule has 11 rings (SSSR count). The molecular formula is C42H65NO2S2. The van der Waals surface area contributed by atoms with Gasteiger partial charge in [0.05, 0.1) is 24.4 Å². The molecule has 47 heavy (non-hydrogen) atoms. The lowest BCUT2D eigenvalue weighted by atomic mass is 9.64. The van der Waals surface area contributed by atoms with E-state index in [4.69, 9.17) is 9.47 Å². The second-order valence-corrected chi connectivity index (χ2v) is 22.0. The summed E-state index contributed by atoms with van der Waals surface area (Å²) in [5.74, 6) is 7.25. The van der Waals surface area contributed by atoms with Crippen LogP contribution in [-0.4, -0.2) is 68.4 Å². The van der Waals surface area contributed by atoms with Gasteiger partial charge in [-0.25, -0.2) is 0 Å². The number of nitrogens with zero attached hydrogens (tertiary/aromatic N) is 1. The number of fused-ring (bicyclic) bond motifs is 13. The van der Waals surface area contributed by atoms with Crippen LogP contribution in [-0.2, 0) is 9.47 Å². The summed E-state index contributed by atoms with van der Waals surface area (Å²) in [5, 5.41) is 3.78. The molecule has 5 heteroatoms. The Balaban J connectivity index is 0.947. The Bertz CT molecular complexity index is 1100. The molecule has 0 N–H and O–H groups in total. The fourth-order valence-corrected chi connectivity index (χ4v) is 20.3. The van der Waals surface area contributed by atoms with Gasteiger partial charge in [0.15, 0.2) is 0 Å². The third-order valence-electron chi connectivity index (χ3n) is 17.4. The van der Waals surface area contributed by atoms with Crippen molar-refractivity contribution >= 4 is 23.5 Å². The Hall–Kier alpha value is 0.580. The Morgan fingerprint density at radius 1 is 0.362 bits per heavy atom. The van der Waals surface area contributed by atoms with Gasteiger partial charge in [-0.3, -0.25) is 4.90 Å². The van der Waals surface area contributed by atoms with Gasteiger partial charge in [0.25, 0.3) is 0 Å². The first-order valence-corrected chi connectivity index (χ1v) is 23.6. The van der Waals surface area contributed by atoms with Gasteiger partial charge in [0.2, 0.25) is 0 Å². The third kappa shape index (κ3) is 4.96. The van der Waals surface area contributed by atoms with Crippen molar-refractivity contribution in [2.75, 3.05) is 0 Å². The lowest BCUT2D eigenvalue weighted by Crippen LogP contribution is -2.63. The first-order chi connectivity index (χ1) is 23.3. The summed E-state index contributed by atoms with van der Waals surface area (Å²) in [6.45, 7) is 0. The summed E-state index contributed by atoms with van der Waals surface area (Å²) in [6.07, 6.45) is 35.9. The van der Waals surface area contributed by atoms with Gasteiger partial charge >= 0.3 is 0 Å². The quantitative estimate of drug-likeness (QED) is 0.295. The second-order valence-electron chi connectivity index (χ2n) is 19.2. The Morgan fingerprint density at radius 2 is 0.894 bits per heavy atom. The molecule has 4 saturated heterocycles. The minimum atomic E-state index is 0.503. The molecule has 11 aliphatic rings. The van der Waals surface area contributed by atoms with Gasteiger partial charge in [-0.1, -0.05) is 57.8 Å². The summed E-state index contributed by atoms with van der Waals surface area (Å²) < 4.78 is 14.7. The van der Waals surface area contributed by atoms with Crippen LogP contribution in [0.5, 0.6) is 0 Å². The average Bonchev–Trinajstić information content (AvgIpc) is 3.88. The minimum Gasteiger partial charge on any atom is -0.374 e. The minimum absolute atomic E-state index is 0.503. The molecule has 0 radical (unpaired) electrons. The topological polar surface area (TPSA) is 21.7 Å². The smallest absolute Gasteiger partial charge is 0.0766 e. The van der Waals surface area contributed by atoms with Crippen LogP contribution >= 0.6 is 23.5 Å². The van der Waals surface area contributed by atoms with Crippen molar-refractivity contribution in [3.8, 4) is 0 Å². The molecule has 19 atom stereocenters. The van der Waals surface area contributed by atoms with E-state index in [0.29, 0.717) is 36.4 Å². The molecule has 4 heterocycles. The van der Waals surface area contributed by atoms with E-state index in [9.17, 15) is 0 Å². The predicted molar refractivity (Wildman–Crippen MR) is 195 cm³/mol. The van der Waals surface area contributed by atoms with E-state index < -0.39 is 0 Å². The zero-order valence-electron chi connectivity index (χ0n) is 29.3. The fourth-order valence-electron chi connectivity index (χ4n) is 15.8. The molecule has 7 saturated carbocycles. The van der Waals surface area contributed by atoms with Crippen LogP contribution in [0.2, 0.25) is 0 Å².